The average Bonchev–Trinajstić information content (AvgIpc) is 2.62. The van der Waals surface area contributed by atoms with Gasteiger partial charge in [0, 0.05) is 5.57 Å². The Labute approximate surface area is 148 Å². The van der Waals surface area contributed by atoms with Crippen LogP contribution in [0.2, 0.25) is 0 Å². The molecule has 2 rings (SSSR count). The number of fused-ring (bicyclic) bond motifs is 1. The molecule has 2 aromatic carbocycles. The molecule has 0 fully saturated rings. The van der Waals surface area contributed by atoms with Gasteiger partial charge < -0.3 is 18.9 Å². The van der Waals surface area contributed by atoms with E-state index in [4.69, 9.17) is 18.9 Å². The molecule has 0 aromatic heterocycles. The zero-order valence-corrected chi connectivity index (χ0v) is 14.5. The zero-order valence-electron chi connectivity index (χ0n) is 14.5. The first-order valence-electron chi connectivity index (χ1n) is 8.26. The quantitative estimate of drug-likeness (QED) is 0.355. The second-order valence-corrected chi connectivity index (χ2v) is 5.50. The Morgan fingerprint density at radius 3 is 2.24 bits per heavy atom. The standard InChI is InChI=1S/C20H24O5/c1-16(2)20(21)25-14-12-23-10-9-22-11-13-24-19-8-7-17-5-3-4-6-18(17)15-19/h3-8,15H,1,9-14H2,2H3. The molecule has 0 amide bonds. The summed E-state index contributed by atoms with van der Waals surface area (Å²) in [6.07, 6.45) is 0. The topological polar surface area (TPSA) is 54.0 Å². The lowest BCUT2D eigenvalue weighted by molar-refractivity contribution is -0.140. The fourth-order valence-electron chi connectivity index (χ4n) is 2.11. The highest BCUT2D eigenvalue weighted by Gasteiger charge is 2.02. The third kappa shape index (κ3) is 6.95. The molecule has 0 saturated carbocycles. The number of rotatable bonds is 11. The third-order valence-corrected chi connectivity index (χ3v) is 3.40. The number of benzene rings is 2. The summed E-state index contributed by atoms with van der Waals surface area (Å²) in [6, 6.07) is 14.2. The van der Waals surface area contributed by atoms with Gasteiger partial charge in [0.2, 0.25) is 0 Å². The Morgan fingerprint density at radius 1 is 0.880 bits per heavy atom. The summed E-state index contributed by atoms with van der Waals surface area (Å²) in [5, 5.41) is 2.35. The van der Waals surface area contributed by atoms with Crippen molar-refractivity contribution in [3.05, 3.63) is 54.6 Å². The molecule has 134 valence electrons. The Morgan fingerprint density at radius 2 is 1.52 bits per heavy atom. The number of carbonyl (C=O) groups is 1. The van der Waals surface area contributed by atoms with Crippen molar-refractivity contribution in [3.63, 3.8) is 0 Å². The van der Waals surface area contributed by atoms with Crippen molar-refractivity contribution in [1.29, 1.82) is 0 Å². The van der Waals surface area contributed by atoms with Crippen molar-refractivity contribution in [2.75, 3.05) is 39.6 Å². The summed E-state index contributed by atoms with van der Waals surface area (Å²) >= 11 is 0. The van der Waals surface area contributed by atoms with E-state index in [9.17, 15) is 4.79 Å². The molecule has 0 bridgehead atoms. The lowest BCUT2D eigenvalue weighted by atomic mass is 10.1. The highest BCUT2D eigenvalue weighted by Crippen LogP contribution is 2.20. The van der Waals surface area contributed by atoms with E-state index >= 15 is 0 Å². The van der Waals surface area contributed by atoms with Gasteiger partial charge in [0.05, 0.1) is 26.4 Å². The van der Waals surface area contributed by atoms with E-state index in [0.29, 0.717) is 38.6 Å². The molecule has 5 nitrogen and oxygen atoms in total. The van der Waals surface area contributed by atoms with Crippen LogP contribution < -0.4 is 4.74 Å². The van der Waals surface area contributed by atoms with Gasteiger partial charge in [-0.2, -0.15) is 0 Å². The van der Waals surface area contributed by atoms with E-state index in [1.54, 1.807) is 6.92 Å². The van der Waals surface area contributed by atoms with Gasteiger partial charge in [-0.3, -0.25) is 0 Å². The first-order chi connectivity index (χ1) is 12.2. The zero-order chi connectivity index (χ0) is 17.9. The normalized spacial score (nSPS) is 10.6. The summed E-state index contributed by atoms with van der Waals surface area (Å²) in [7, 11) is 0. The monoisotopic (exact) mass is 344 g/mol. The van der Waals surface area contributed by atoms with Crippen molar-refractivity contribution < 1.29 is 23.7 Å². The molecule has 0 spiro atoms. The number of hydrogen-bond acceptors (Lipinski definition) is 5. The van der Waals surface area contributed by atoms with E-state index in [0.717, 1.165) is 11.1 Å². The first kappa shape index (κ1) is 19.0. The lowest BCUT2D eigenvalue weighted by Gasteiger charge is -2.09. The van der Waals surface area contributed by atoms with Gasteiger partial charge in [-0.15, -0.1) is 0 Å². The Balaban J connectivity index is 1.49. The van der Waals surface area contributed by atoms with Crippen LogP contribution in [0.1, 0.15) is 6.92 Å². The molecule has 0 aliphatic heterocycles. The molecule has 0 N–H and O–H groups in total. The van der Waals surface area contributed by atoms with Crippen molar-refractivity contribution >= 4 is 16.7 Å². The molecular formula is C20H24O5. The maximum atomic E-state index is 11.1. The minimum atomic E-state index is -0.398. The molecule has 0 aliphatic carbocycles. The fourth-order valence-corrected chi connectivity index (χ4v) is 2.11. The summed E-state index contributed by atoms with van der Waals surface area (Å²) in [4.78, 5) is 11.1. The second-order valence-electron chi connectivity index (χ2n) is 5.50. The largest absolute Gasteiger partial charge is 0.491 e. The van der Waals surface area contributed by atoms with Gasteiger partial charge >= 0.3 is 5.97 Å². The van der Waals surface area contributed by atoms with Crippen LogP contribution in [0.3, 0.4) is 0 Å². The Hall–Kier alpha value is -2.37. The van der Waals surface area contributed by atoms with Crippen LogP contribution >= 0.6 is 0 Å². The van der Waals surface area contributed by atoms with Crippen molar-refractivity contribution in [1.82, 2.24) is 0 Å². The summed E-state index contributed by atoms with van der Waals surface area (Å²) < 4.78 is 21.3. The summed E-state index contributed by atoms with van der Waals surface area (Å²) in [5.41, 5.74) is 0.384. The number of esters is 1. The smallest absolute Gasteiger partial charge is 0.333 e. The lowest BCUT2D eigenvalue weighted by Crippen LogP contribution is -2.14. The average molecular weight is 344 g/mol. The van der Waals surface area contributed by atoms with Gasteiger partial charge in [0.15, 0.2) is 0 Å². The highest BCUT2D eigenvalue weighted by atomic mass is 16.6. The van der Waals surface area contributed by atoms with Gasteiger partial charge in [0.1, 0.15) is 19.0 Å². The van der Waals surface area contributed by atoms with Crippen LogP contribution in [0.5, 0.6) is 5.75 Å². The Bertz CT molecular complexity index is 695. The maximum Gasteiger partial charge on any atom is 0.333 e. The first-order valence-corrected chi connectivity index (χ1v) is 8.26. The molecule has 0 heterocycles. The van der Waals surface area contributed by atoms with E-state index in [1.165, 1.54) is 5.39 Å². The second kappa shape index (κ2) is 10.5. The van der Waals surface area contributed by atoms with Crippen LogP contribution in [0, 0.1) is 0 Å². The predicted molar refractivity (Wildman–Crippen MR) is 96.9 cm³/mol. The van der Waals surface area contributed by atoms with Crippen molar-refractivity contribution in [2.24, 2.45) is 0 Å². The molecule has 0 saturated heterocycles. The summed E-state index contributed by atoms with van der Waals surface area (Å²) in [5.74, 6) is 0.434. The number of hydrogen-bond donors (Lipinski definition) is 0. The van der Waals surface area contributed by atoms with Gasteiger partial charge in [-0.1, -0.05) is 36.9 Å². The van der Waals surface area contributed by atoms with Crippen LogP contribution in [0.4, 0.5) is 0 Å². The van der Waals surface area contributed by atoms with Gasteiger partial charge in [0.25, 0.3) is 0 Å². The van der Waals surface area contributed by atoms with E-state index in [1.807, 2.05) is 30.3 Å². The number of ether oxygens (including phenoxy) is 4. The third-order valence-electron chi connectivity index (χ3n) is 3.40. The van der Waals surface area contributed by atoms with Crippen LogP contribution in [0.25, 0.3) is 10.8 Å². The van der Waals surface area contributed by atoms with Crippen molar-refractivity contribution in [3.8, 4) is 5.75 Å². The molecule has 5 heteroatoms. The van der Waals surface area contributed by atoms with Crippen molar-refractivity contribution in [2.45, 2.75) is 6.92 Å². The summed E-state index contributed by atoms with van der Waals surface area (Å²) in [6.45, 7) is 7.55. The SMILES string of the molecule is C=C(C)C(=O)OCCOCCOCCOc1ccc2ccccc2c1. The van der Waals surface area contributed by atoms with Crippen LogP contribution in [-0.4, -0.2) is 45.6 Å². The van der Waals surface area contributed by atoms with Crippen LogP contribution in [-0.2, 0) is 19.0 Å². The van der Waals surface area contributed by atoms with E-state index in [2.05, 4.69) is 18.7 Å². The molecule has 0 aliphatic rings. The molecule has 2 aromatic rings. The van der Waals surface area contributed by atoms with Gasteiger partial charge in [-0.05, 0) is 29.8 Å². The minimum absolute atomic E-state index is 0.219. The van der Waals surface area contributed by atoms with Gasteiger partial charge in [-0.25, -0.2) is 4.79 Å². The van der Waals surface area contributed by atoms with E-state index in [-0.39, 0.29) is 6.61 Å². The minimum Gasteiger partial charge on any atom is -0.491 e. The molecule has 0 unspecified atom stereocenters. The fraction of sp³-hybridized carbons (Fsp3) is 0.350. The maximum absolute atomic E-state index is 11.1. The highest BCUT2D eigenvalue weighted by molar-refractivity contribution is 5.86. The van der Waals surface area contributed by atoms with E-state index < -0.39 is 5.97 Å². The number of carbonyl (C=O) groups excluding carboxylic acids is 1. The molecule has 0 radical (unpaired) electrons. The molecular weight excluding hydrogens is 320 g/mol. The molecule has 0 atom stereocenters. The Kier molecular flexibility index (Phi) is 7.95. The molecule has 25 heavy (non-hydrogen) atoms. The predicted octanol–water partition coefficient (Wildman–Crippen LogP) is 3.37. The van der Waals surface area contributed by atoms with Crippen LogP contribution in [0.15, 0.2) is 54.6 Å².